The molecule has 3 nitrogen and oxygen atoms in total. The highest BCUT2D eigenvalue weighted by molar-refractivity contribution is 5.97. The van der Waals surface area contributed by atoms with Gasteiger partial charge in [0.2, 0.25) is 0 Å². The normalized spacial score (nSPS) is 10.1. The molecule has 0 aliphatic heterocycles. The number of nitrogens with one attached hydrogen (secondary N) is 1. The van der Waals surface area contributed by atoms with Gasteiger partial charge < -0.3 is 9.32 Å². The Morgan fingerprint density at radius 3 is 2.46 bits per heavy atom. The molecule has 1 N–H and O–H groups in total. The summed E-state index contributed by atoms with van der Waals surface area (Å²) in [6.45, 7) is 7.70. The summed E-state index contributed by atoms with van der Waals surface area (Å²) in [7, 11) is 0. The van der Waals surface area contributed by atoms with Crippen molar-refractivity contribution in [1.82, 2.24) is 4.90 Å². The van der Waals surface area contributed by atoms with Crippen molar-refractivity contribution in [3.05, 3.63) is 23.7 Å². The molecule has 0 aliphatic carbocycles. The fourth-order valence-electron chi connectivity index (χ4n) is 1.34. The summed E-state index contributed by atoms with van der Waals surface area (Å²) in [5.74, 6) is 1.37. The summed E-state index contributed by atoms with van der Waals surface area (Å²) in [4.78, 5) is 2.00. The zero-order valence-electron chi connectivity index (χ0n) is 8.42. The van der Waals surface area contributed by atoms with E-state index >= 15 is 0 Å². The topological polar surface area (TPSA) is 40.2 Å². The molecule has 0 saturated carbocycles. The second-order valence-corrected chi connectivity index (χ2v) is 2.91. The lowest BCUT2D eigenvalue weighted by Gasteiger charge is -2.20. The molecule has 1 aromatic rings. The smallest absolute Gasteiger partial charge is 0.131 e. The first kappa shape index (κ1) is 9.84. The van der Waals surface area contributed by atoms with Crippen molar-refractivity contribution in [1.29, 1.82) is 5.41 Å². The summed E-state index contributed by atoms with van der Waals surface area (Å²) in [5, 5.41) is 7.91. The van der Waals surface area contributed by atoms with Crippen molar-refractivity contribution >= 4 is 5.84 Å². The number of rotatable bonds is 3. The average Bonchev–Trinajstić information content (AvgIpc) is 2.53. The van der Waals surface area contributed by atoms with Gasteiger partial charge in [0.25, 0.3) is 0 Å². The lowest BCUT2D eigenvalue weighted by Crippen LogP contribution is -2.30. The molecule has 72 valence electrons. The number of aryl methyl sites for hydroxylation is 1. The van der Waals surface area contributed by atoms with Crippen molar-refractivity contribution < 1.29 is 4.42 Å². The van der Waals surface area contributed by atoms with Crippen LogP contribution < -0.4 is 0 Å². The number of hydrogen-bond donors (Lipinski definition) is 1. The number of hydrogen-bond acceptors (Lipinski definition) is 2. The van der Waals surface area contributed by atoms with Gasteiger partial charge in [-0.2, -0.15) is 0 Å². The van der Waals surface area contributed by atoms with E-state index in [9.17, 15) is 0 Å². The maximum absolute atomic E-state index is 7.91. The summed E-state index contributed by atoms with van der Waals surface area (Å²) < 4.78 is 5.16. The van der Waals surface area contributed by atoms with Gasteiger partial charge in [-0.05, 0) is 26.8 Å². The van der Waals surface area contributed by atoms with Crippen molar-refractivity contribution in [3.63, 3.8) is 0 Å². The van der Waals surface area contributed by atoms with E-state index in [1.165, 1.54) is 0 Å². The first-order valence-corrected chi connectivity index (χ1v) is 4.58. The van der Waals surface area contributed by atoms with Crippen LogP contribution in [0.3, 0.4) is 0 Å². The van der Waals surface area contributed by atoms with Gasteiger partial charge >= 0.3 is 0 Å². The fourth-order valence-corrected chi connectivity index (χ4v) is 1.34. The van der Waals surface area contributed by atoms with Crippen LogP contribution in [-0.4, -0.2) is 23.8 Å². The molecule has 0 radical (unpaired) electrons. The lowest BCUT2D eigenvalue weighted by atomic mass is 10.2. The van der Waals surface area contributed by atoms with Gasteiger partial charge in [0.1, 0.15) is 11.6 Å². The molecule has 0 atom stereocenters. The highest BCUT2D eigenvalue weighted by Crippen LogP contribution is 2.11. The van der Waals surface area contributed by atoms with Gasteiger partial charge in [0.15, 0.2) is 0 Å². The summed E-state index contributed by atoms with van der Waals surface area (Å²) in [6, 6.07) is 1.84. The second kappa shape index (κ2) is 4.12. The van der Waals surface area contributed by atoms with Crippen LogP contribution in [0.4, 0.5) is 0 Å². The van der Waals surface area contributed by atoms with E-state index in [1.54, 1.807) is 6.26 Å². The Labute approximate surface area is 78.9 Å². The minimum atomic E-state index is 0.552. The molecule has 0 aromatic carbocycles. The molecule has 0 bridgehead atoms. The Morgan fingerprint density at radius 2 is 2.08 bits per heavy atom. The zero-order valence-corrected chi connectivity index (χ0v) is 8.42. The molecule has 0 amide bonds. The van der Waals surface area contributed by atoms with E-state index in [4.69, 9.17) is 9.83 Å². The third kappa shape index (κ3) is 1.91. The Balaban J connectivity index is 2.84. The second-order valence-electron chi connectivity index (χ2n) is 2.91. The Bertz CT molecular complexity index is 287. The Kier molecular flexibility index (Phi) is 3.12. The van der Waals surface area contributed by atoms with E-state index in [0.29, 0.717) is 5.84 Å². The van der Waals surface area contributed by atoms with Gasteiger partial charge in [0.05, 0.1) is 11.8 Å². The molecular formula is C10H16N2O. The SMILES string of the molecule is CCN(CC)C(=N)c1ccoc1C. The maximum atomic E-state index is 7.91. The van der Waals surface area contributed by atoms with Crippen molar-refractivity contribution in [2.75, 3.05) is 13.1 Å². The average molecular weight is 180 g/mol. The third-order valence-electron chi connectivity index (χ3n) is 2.19. The number of nitrogens with zero attached hydrogens (tertiary/aromatic N) is 1. The largest absolute Gasteiger partial charge is 0.469 e. The predicted molar refractivity (Wildman–Crippen MR) is 53.2 cm³/mol. The quantitative estimate of drug-likeness (QED) is 0.572. The summed E-state index contributed by atoms with van der Waals surface area (Å²) in [5.41, 5.74) is 0.892. The van der Waals surface area contributed by atoms with E-state index in [0.717, 1.165) is 24.4 Å². The maximum Gasteiger partial charge on any atom is 0.131 e. The zero-order chi connectivity index (χ0) is 9.84. The molecule has 0 spiro atoms. The summed E-state index contributed by atoms with van der Waals surface area (Å²) >= 11 is 0. The van der Waals surface area contributed by atoms with E-state index in [2.05, 4.69) is 0 Å². The van der Waals surface area contributed by atoms with E-state index in [-0.39, 0.29) is 0 Å². The van der Waals surface area contributed by atoms with Crippen molar-refractivity contribution in [2.45, 2.75) is 20.8 Å². The molecule has 3 heteroatoms. The molecule has 0 saturated heterocycles. The van der Waals surface area contributed by atoms with Gasteiger partial charge in [-0.15, -0.1) is 0 Å². The monoisotopic (exact) mass is 180 g/mol. The lowest BCUT2D eigenvalue weighted by molar-refractivity contribution is 0.461. The summed E-state index contributed by atoms with van der Waals surface area (Å²) in [6.07, 6.45) is 1.63. The van der Waals surface area contributed by atoms with Crippen LogP contribution in [0.25, 0.3) is 0 Å². The molecule has 1 heterocycles. The van der Waals surface area contributed by atoms with Crippen LogP contribution >= 0.6 is 0 Å². The van der Waals surface area contributed by atoms with E-state index in [1.807, 2.05) is 31.7 Å². The van der Waals surface area contributed by atoms with E-state index < -0.39 is 0 Å². The molecule has 1 aromatic heterocycles. The van der Waals surface area contributed by atoms with Gasteiger partial charge in [0, 0.05) is 13.1 Å². The van der Waals surface area contributed by atoms with Crippen LogP contribution in [0.15, 0.2) is 16.7 Å². The van der Waals surface area contributed by atoms with Crippen LogP contribution in [0.2, 0.25) is 0 Å². The highest BCUT2D eigenvalue weighted by Gasteiger charge is 2.12. The Morgan fingerprint density at radius 1 is 1.46 bits per heavy atom. The molecule has 0 aliphatic rings. The molecule has 0 unspecified atom stereocenters. The van der Waals surface area contributed by atoms with Crippen molar-refractivity contribution in [2.24, 2.45) is 0 Å². The van der Waals surface area contributed by atoms with Crippen LogP contribution in [-0.2, 0) is 0 Å². The Hall–Kier alpha value is -1.25. The van der Waals surface area contributed by atoms with Gasteiger partial charge in [-0.25, -0.2) is 0 Å². The molecule has 1 rings (SSSR count). The highest BCUT2D eigenvalue weighted by atomic mass is 16.3. The van der Waals surface area contributed by atoms with Crippen molar-refractivity contribution in [3.8, 4) is 0 Å². The molecule has 13 heavy (non-hydrogen) atoms. The minimum absolute atomic E-state index is 0.552. The van der Waals surface area contributed by atoms with Crippen LogP contribution in [0.5, 0.6) is 0 Å². The standard InChI is InChI=1S/C10H16N2O/c1-4-12(5-2)10(11)9-6-7-13-8(9)3/h6-7,11H,4-5H2,1-3H3. The fraction of sp³-hybridized carbons (Fsp3) is 0.500. The first-order valence-electron chi connectivity index (χ1n) is 4.58. The van der Waals surface area contributed by atoms with Crippen LogP contribution in [0, 0.1) is 12.3 Å². The van der Waals surface area contributed by atoms with Gasteiger partial charge in [-0.3, -0.25) is 5.41 Å². The minimum Gasteiger partial charge on any atom is -0.469 e. The van der Waals surface area contributed by atoms with Crippen LogP contribution in [0.1, 0.15) is 25.2 Å². The number of furan rings is 1. The molecule has 0 fully saturated rings. The number of amidine groups is 1. The third-order valence-corrected chi connectivity index (χ3v) is 2.19. The van der Waals surface area contributed by atoms with Gasteiger partial charge in [-0.1, -0.05) is 0 Å². The molecular weight excluding hydrogens is 164 g/mol. The first-order chi connectivity index (χ1) is 6.20. The predicted octanol–water partition coefficient (Wildman–Crippen LogP) is 2.26.